The van der Waals surface area contributed by atoms with Gasteiger partial charge in [-0.05, 0) is 60.9 Å². The van der Waals surface area contributed by atoms with Crippen molar-refractivity contribution >= 4 is 0 Å². The predicted octanol–water partition coefficient (Wildman–Crippen LogP) is 3.86. The molecule has 1 saturated carbocycles. The predicted molar refractivity (Wildman–Crippen MR) is 95.3 cm³/mol. The van der Waals surface area contributed by atoms with Gasteiger partial charge in [-0.2, -0.15) is 0 Å². The van der Waals surface area contributed by atoms with Gasteiger partial charge in [0, 0.05) is 19.6 Å². The summed E-state index contributed by atoms with van der Waals surface area (Å²) in [6.07, 6.45) is 3.20. The number of nitrogens with zero attached hydrogens (tertiary/aromatic N) is 1. The highest BCUT2D eigenvalue weighted by molar-refractivity contribution is 5.26. The van der Waals surface area contributed by atoms with Crippen molar-refractivity contribution in [2.75, 3.05) is 19.6 Å². The highest BCUT2D eigenvalue weighted by Crippen LogP contribution is 2.40. The van der Waals surface area contributed by atoms with Crippen molar-refractivity contribution < 1.29 is 14.2 Å². The van der Waals surface area contributed by atoms with Crippen LogP contribution in [0.1, 0.15) is 18.4 Å². The van der Waals surface area contributed by atoms with Crippen LogP contribution in [0.5, 0.6) is 11.5 Å². The molecular formula is C21H24FNO2. The summed E-state index contributed by atoms with van der Waals surface area (Å²) in [6, 6.07) is 14.2. The second-order valence-corrected chi connectivity index (χ2v) is 7.34. The Kier molecular flexibility index (Phi) is 4.62. The maximum Gasteiger partial charge on any atom is 0.165 e. The molecule has 2 aromatic carbocycles. The number of halogens is 1. The molecule has 0 spiro atoms. The lowest BCUT2D eigenvalue weighted by Gasteiger charge is -2.20. The van der Waals surface area contributed by atoms with Crippen molar-refractivity contribution in [2.24, 2.45) is 11.8 Å². The van der Waals surface area contributed by atoms with Crippen molar-refractivity contribution in [3.05, 3.63) is 59.9 Å². The maximum atomic E-state index is 13.7. The lowest BCUT2D eigenvalue weighted by molar-refractivity contribution is 0.179. The van der Waals surface area contributed by atoms with Gasteiger partial charge >= 0.3 is 0 Å². The van der Waals surface area contributed by atoms with Gasteiger partial charge in [0.15, 0.2) is 11.6 Å². The largest absolute Gasteiger partial charge is 0.508 e. The molecule has 1 heterocycles. The molecule has 1 saturated heterocycles. The van der Waals surface area contributed by atoms with Crippen LogP contribution in [0.3, 0.4) is 0 Å². The third-order valence-electron chi connectivity index (χ3n) is 5.57. The van der Waals surface area contributed by atoms with Crippen LogP contribution in [0.25, 0.3) is 0 Å². The second kappa shape index (κ2) is 7.04. The summed E-state index contributed by atoms with van der Waals surface area (Å²) in [5.41, 5.74) is 1.26. The Hall–Kier alpha value is -2.07. The molecular weight excluding hydrogens is 317 g/mol. The summed E-state index contributed by atoms with van der Waals surface area (Å²) in [5.74, 6) is 1.76. The number of hydrogen-bond acceptors (Lipinski definition) is 3. The number of ether oxygens (including phenoxy) is 1. The van der Waals surface area contributed by atoms with Crippen LogP contribution in [-0.2, 0) is 6.42 Å². The minimum Gasteiger partial charge on any atom is -0.508 e. The first-order valence-corrected chi connectivity index (χ1v) is 9.09. The van der Waals surface area contributed by atoms with Gasteiger partial charge in [0.2, 0.25) is 0 Å². The molecule has 0 aromatic heterocycles. The average Bonchev–Trinajstić information content (AvgIpc) is 3.14. The third kappa shape index (κ3) is 3.79. The maximum absolute atomic E-state index is 13.7. The Balaban J connectivity index is 1.26. The van der Waals surface area contributed by atoms with Crippen LogP contribution in [0.2, 0.25) is 0 Å². The van der Waals surface area contributed by atoms with E-state index in [0.717, 1.165) is 38.9 Å². The number of benzene rings is 2. The minimum absolute atomic E-state index is 0.145. The van der Waals surface area contributed by atoms with Crippen molar-refractivity contribution in [1.82, 2.24) is 4.90 Å². The zero-order valence-electron chi connectivity index (χ0n) is 14.3. The summed E-state index contributed by atoms with van der Waals surface area (Å²) in [5, 5.41) is 9.35. The minimum atomic E-state index is -0.268. The Morgan fingerprint density at radius 1 is 1.00 bits per heavy atom. The molecule has 2 fully saturated rings. The molecule has 4 rings (SSSR count). The highest BCUT2D eigenvalue weighted by Gasteiger charge is 2.41. The van der Waals surface area contributed by atoms with E-state index in [1.165, 1.54) is 11.6 Å². The molecule has 3 atom stereocenters. The van der Waals surface area contributed by atoms with Crippen molar-refractivity contribution in [3.8, 4) is 11.5 Å². The van der Waals surface area contributed by atoms with E-state index in [2.05, 4.69) is 4.90 Å². The number of likely N-dealkylation sites (tertiary alicyclic amines) is 1. The van der Waals surface area contributed by atoms with Crippen LogP contribution >= 0.6 is 0 Å². The molecule has 2 aromatic rings. The molecule has 1 unspecified atom stereocenters. The third-order valence-corrected chi connectivity index (χ3v) is 5.57. The SMILES string of the molecule is Oc1ccc(CCN2C[C@H]3CC(Oc4ccccc4F)C[C@H]3C2)cc1. The van der Waals surface area contributed by atoms with Crippen molar-refractivity contribution in [2.45, 2.75) is 25.4 Å². The fraction of sp³-hybridized carbons (Fsp3) is 0.429. The van der Waals surface area contributed by atoms with E-state index in [1.807, 2.05) is 18.2 Å². The van der Waals surface area contributed by atoms with E-state index < -0.39 is 0 Å². The summed E-state index contributed by atoms with van der Waals surface area (Å²) in [4.78, 5) is 2.53. The van der Waals surface area contributed by atoms with E-state index in [9.17, 15) is 9.50 Å². The smallest absolute Gasteiger partial charge is 0.165 e. The van der Waals surface area contributed by atoms with Crippen LogP contribution in [0.4, 0.5) is 4.39 Å². The summed E-state index contributed by atoms with van der Waals surface area (Å²) >= 11 is 0. The monoisotopic (exact) mass is 341 g/mol. The molecule has 0 radical (unpaired) electrons. The van der Waals surface area contributed by atoms with Crippen LogP contribution in [-0.4, -0.2) is 35.7 Å². The summed E-state index contributed by atoms with van der Waals surface area (Å²) < 4.78 is 19.6. The lowest BCUT2D eigenvalue weighted by atomic mass is 10.0. The molecule has 0 amide bonds. The first-order chi connectivity index (χ1) is 12.2. The van der Waals surface area contributed by atoms with Crippen LogP contribution in [0, 0.1) is 17.7 Å². The topological polar surface area (TPSA) is 32.7 Å². The van der Waals surface area contributed by atoms with Gasteiger partial charge in [-0.3, -0.25) is 0 Å². The van der Waals surface area contributed by atoms with Gasteiger partial charge in [0.25, 0.3) is 0 Å². The number of fused-ring (bicyclic) bond motifs is 1. The Bertz CT molecular complexity index is 704. The van der Waals surface area contributed by atoms with Crippen LogP contribution in [0.15, 0.2) is 48.5 Å². The molecule has 1 aliphatic carbocycles. The van der Waals surface area contributed by atoms with E-state index in [4.69, 9.17) is 4.74 Å². The zero-order valence-corrected chi connectivity index (χ0v) is 14.3. The van der Waals surface area contributed by atoms with E-state index >= 15 is 0 Å². The fourth-order valence-corrected chi connectivity index (χ4v) is 4.29. The summed E-state index contributed by atoms with van der Waals surface area (Å²) in [7, 11) is 0. The normalized spacial score (nSPS) is 25.9. The average molecular weight is 341 g/mol. The molecule has 1 N–H and O–H groups in total. The molecule has 0 bridgehead atoms. The second-order valence-electron chi connectivity index (χ2n) is 7.34. The first-order valence-electron chi connectivity index (χ1n) is 9.09. The first kappa shape index (κ1) is 16.4. The molecule has 25 heavy (non-hydrogen) atoms. The number of phenols is 1. The number of rotatable bonds is 5. The fourth-order valence-electron chi connectivity index (χ4n) is 4.29. The molecule has 132 valence electrons. The number of hydrogen-bond donors (Lipinski definition) is 1. The van der Waals surface area contributed by atoms with Crippen molar-refractivity contribution in [1.29, 1.82) is 0 Å². The molecule has 1 aliphatic heterocycles. The van der Waals surface area contributed by atoms with Gasteiger partial charge < -0.3 is 14.7 Å². The van der Waals surface area contributed by atoms with E-state index in [1.54, 1.807) is 24.3 Å². The Labute approximate surface area is 148 Å². The summed E-state index contributed by atoms with van der Waals surface area (Å²) in [6.45, 7) is 3.27. The zero-order chi connectivity index (χ0) is 17.2. The van der Waals surface area contributed by atoms with Crippen LogP contribution < -0.4 is 4.74 Å². The molecule has 2 aliphatic rings. The number of para-hydroxylation sites is 1. The quantitative estimate of drug-likeness (QED) is 0.896. The van der Waals surface area contributed by atoms with Gasteiger partial charge in [-0.15, -0.1) is 0 Å². The number of phenolic OH excluding ortho intramolecular Hbond substituents is 1. The standard InChI is InChI=1S/C21H24FNO2/c22-20-3-1-2-4-21(20)25-19-11-16-13-23(14-17(16)12-19)10-9-15-5-7-18(24)8-6-15/h1-8,16-17,19,24H,9-14H2/t16-,17+,19?. The highest BCUT2D eigenvalue weighted by atomic mass is 19.1. The lowest BCUT2D eigenvalue weighted by Crippen LogP contribution is -2.26. The molecule has 4 heteroatoms. The van der Waals surface area contributed by atoms with Gasteiger partial charge in [0.05, 0.1) is 6.10 Å². The van der Waals surface area contributed by atoms with Crippen molar-refractivity contribution in [3.63, 3.8) is 0 Å². The van der Waals surface area contributed by atoms with E-state index in [-0.39, 0.29) is 11.9 Å². The Morgan fingerprint density at radius 2 is 1.68 bits per heavy atom. The van der Waals surface area contributed by atoms with Gasteiger partial charge in [-0.25, -0.2) is 4.39 Å². The number of aromatic hydroxyl groups is 1. The molecule has 3 nitrogen and oxygen atoms in total. The Morgan fingerprint density at radius 3 is 2.36 bits per heavy atom. The van der Waals surface area contributed by atoms with Gasteiger partial charge in [-0.1, -0.05) is 24.3 Å². The van der Waals surface area contributed by atoms with Gasteiger partial charge in [0.1, 0.15) is 5.75 Å². The van der Waals surface area contributed by atoms with E-state index in [0.29, 0.717) is 23.3 Å².